The van der Waals surface area contributed by atoms with Gasteiger partial charge in [0.25, 0.3) is 0 Å². The van der Waals surface area contributed by atoms with E-state index < -0.39 is 11.9 Å². The Labute approximate surface area is 159 Å². The van der Waals surface area contributed by atoms with Gasteiger partial charge in [0, 0.05) is 12.5 Å². The zero-order valence-electron chi connectivity index (χ0n) is 15.7. The van der Waals surface area contributed by atoms with E-state index in [0.717, 1.165) is 12.8 Å². The summed E-state index contributed by atoms with van der Waals surface area (Å²) in [6, 6.07) is 16.6. The van der Waals surface area contributed by atoms with Crippen molar-refractivity contribution >= 4 is 11.9 Å². The number of rotatable bonds is 6. The van der Waals surface area contributed by atoms with Gasteiger partial charge in [-0.15, -0.1) is 0 Å². The number of carboxylic acid groups (broad SMARTS) is 2. The summed E-state index contributed by atoms with van der Waals surface area (Å²) in [5, 5.41) is 34.6. The van der Waals surface area contributed by atoms with Gasteiger partial charge >= 0.3 is 11.9 Å². The highest BCUT2D eigenvalue weighted by molar-refractivity contribution is 5.87. The Bertz CT molecular complexity index is 589. The fourth-order valence-corrected chi connectivity index (χ4v) is 2.02. The molecule has 6 nitrogen and oxygen atoms in total. The Morgan fingerprint density at radius 2 is 1.15 bits per heavy atom. The molecular formula is C21H28O6. The highest BCUT2D eigenvalue weighted by Crippen LogP contribution is 2.09. The number of hydrogen-bond acceptors (Lipinski definition) is 4. The molecule has 0 heterocycles. The maximum Gasteiger partial charge on any atom is 0.335 e. The monoisotopic (exact) mass is 376 g/mol. The van der Waals surface area contributed by atoms with Gasteiger partial charge in [-0.05, 0) is 37.1 Å². The smallest absolute Gasteiger partial charge is 0.335 e. The topological polar surface area (TPSA) is 115 Å². The third-order valence-corrected chi connectivity index (χ3v) is 3.76. The van der Waals surface area contributed by atoms with Crippen molar-refractivity contribution in [1.82, 2.24) is 0 Å². The van der Waals surface area contributed by atoms with Crippen LogP contribution in [0.15, 0.2) is 60.7 Å². The van der Waals surface area contributed by atoms with E-state index in [1.54, 1.807) is 60.7 Å². The number of aliphatic hydroxyl groups excluding tert-OH is 2. The number of aromatic carboxylic acids is 2. The van der Waals surface area contributed by atoms with Gasteiger partial charge in [-0.25, -0.2) is 9.59 Å². The first-order chi connectivity index (χ1) is 12.9. The molecule has 2 atom stereocenters. The summed E-state index contributed by atoms with van der Waals surface area (Å²) in [5.74, 6) is -1.68. The molecule has 6 heteroatoms. The molecule has 0 aliphatic heterocycles. The zero-order chi connectivity index (χ0) is 20.7. The molecule has 2 rings (SSSR count). The van der Waals surface area contributed by atoms with Gasteiger partial charge in [0.05, 0.1) is 17.2 Å². The second kappa shape index (κ2) is 14.5. The molecule has 0 radical (unpaired) electrons. The van der Waals surface area contributed by atoms with Gasteiger partial charge in [-0.2, -0.15) is 0 Å². The lowest BCUT2D eigenvalue weighted by molar-refractivity contribution is 0.0624. The number of hydrogen-bond donors (Lipinski definition) is 4. The van der Waals surface area contributed by atoms with Gasteiger partial charge in [0.2, 0.25) is 0 Å². The molecule has 2 aromatic rings. The summed E-state index contributed by atoms with van der Waals surface area (Å²) in [6.45, 7) is 3.99. The van der Waals surface area contributed by atoms with E-state index in [9.17, 15) is 9.59 Å². The number of carbonyl (C=O) groups is 2. The van der Waals surface area contributed by atoms with E-state index in [1.165, 1.54) is 0 Å². The van der Waals surface area contributed by atoms with Crippen LogP contribution in [0.3, 0.4) is 0 Å². The van der Waals surface area contributed by atoms with Crippen molar-refractivity contribution < 1.29 is 30.0 Å². The minimum absolute atomic E-state index is 0.0787. The molecule has 0 saturated carbocycles. The van der Waals surface area contributed by atoms with Crippen LogP contribution in [0.2, 0.25) is 0 Å². The van der Waals surface area contributed by atoms with Crippen LogP contribution in [0.4, 0.5) is 0 Å². The van der Waals surface area contributed by atoms with Crippen LogP contribution in [-0.4, -0.2) is 45.1 Å². The minimum Gasteiger partial charge on any atom is -0.478 e. The lowest BCUT2D eigenvalue weighted by Crippen LogP contribution is -2.21. The Balaban J connectivity index is 0.000000376. The lowest BCUT2D eigenvalue weighted by atomic mass is 9.99. The fraction of sp³-hybridized carbons (Fsp3) is 0.333. The Kier molecular flexibility index (Phi) is 13.0. The van der Waals surface area contributed by atoms with Gasteiger partial charge < -0.3 is 20.4 Å². The first-order valence-corrected chi connectivity index (χ1v) is 8.72. The molecule has 0 amide bonds. The normalized spacial score (nSPS) is 11.7. The molecule has 27 heavy (non-hydrogen) atoms. The number of benzene rings is 2. The van der Waals surface area contributed by atoms with Gasteiger partial charge in [-0.1, -0.05) is 50.2 Å². The van der Waals surface area contributed by atoms with Crippen LogP contribution in [0.25, 0.3) is 0 Å². The fourth-order valence-electron chi connectivity index (χ4n) is 2.02. The molecule has 0 fully saturated rings. The molecular weight excluding hydrogens is 348 g/mol. The molecule has 0 aromatic heterocycles. The van der Waals surface area contributed by atoms with Crippen LogP contribution in [0.5, 0.6) is 0 Å². The summed E-state index contributed by atoms with van der Waals surface area (Å²) >= 11 is 0. The standard InChI is InChI=1S/2C7H6O2.C7H16O2/c2*8-7(9)6-4-2-1-3-5-6;1-3-6(5-8)7(9)4-2/h2*1-5H,(H,8,9);6-9H,3-5H2,1-2H3. The summed E-state index contributed by atoms with van der Waals surface area (Å²) < 4.78 is 0. The summed E-state index contributed by atoms with van der Waals surface area (Å²) in [7, 11) is 0. The van der Waals surface area contributed by atoms with Crippen LogP contribution in [0.1, 0.15) is 47.4 Å². The van der Waals surface area contributed by atoms with E-state index in [4.69, 9.17) is 20.4 Å². The molecule has 2 aromatic carbocycles. The average Bonchev–Trinajstić information content (AvgIpc) is 2.71. The van der Waals surface area contributed by atoms with E-state index in [2.05, 4.69) is 0 Å². The lowest BCUT2D eigenvalue weighted by Gasteiger charge is -2.16. The maximum absolute atomic E-state index is 10.2. The molecule has 4 N–H and O–H groups in total. The van der Waals surface area contributed by atoms with Crippen molar-refractivity contribution in [2.24, 2.45) is 5.92 Å². The maximum atomic E-state index is 10.2. The Hall–Kier alpha value is -2.70. The van der Waals surface area contributed by atoms with Crippen molar-refractivity contribution in [3.8, 4) is 0 Å². The minimum atomic E-state index is -0.879. The molecule has 0 saturated heterocycles. The van der Waals surface area contributed by atoms with E-state index in [-0.39, 0.29) is 18.6 Å². The number of carboxylic acids is 2. The van der Waals surface area contributed by atoms with E-state index >= 15 is 0 Å². The zero-order valence-corrected chi connectivity index (χ0v) is 15.7. The van der Waals surface area contributed by atoms with Crippen LogP contribution < -0.4 is 0 Å². The van der Waals surface area contributed by atoms with Crippen molar-refractivity contribution in [3.05, 3.63) is 71.8 Å². The van der Waals surface area contributed by atoms with Gasteiger partial charge in [0.1, 0.15) is 0 Å². The Morgan fingerprint density at radius 3 is 1.30 bits per heavy atom. The summed E-state index contributed by atoms with van der Waals surface area (Å²) in [4.78, 5) is 20.4. The van der Waals surface area contributed by atoms with Crippen LogP contribution in [-0.2, 0) is 0 Å². The first-order valence-electron chi connectivity index (χ1n) is 8.72. The van der Waals surface area contributed by atoms with Crippen LogP contribution in [0, 0.1) is 5.92 Å². The molecule has 0 aliphatic rings. The molecule has 2 unspecified atom stereocenters. The Morgan fingerprint density at radius 1 is 0.778 bits per heavy atom. The van der Waals surface area contributed by atoms with Crippen molar-refractivity contribution in [1.29, 1.82) is 0 Å². The SMILES string of the molecule is CCC(O)C(CC)CO.O=C(O)c1ccccc1.O=C(O)c1ccccc1. The molecule has 148 valence electrons. The predicted octanol–water partition coefficient (Wildman–Crippen LogP) is 3.55. The summed E-state index contributed by atoms with van der Waals surface area (Å²) in [5.41, 5.74) is 0.662. The highest BCUT2D eigenvalue weighted by atomic mass is 16.4. The second-order valence-corrected chi connectivity index (χ2v) is 5.67. The van der Waals surface area contributed by atoms with Gasteiger partial charge in [-0.3, -0.25) is 0 Å². The number of aliphatic hydroxyl groups is 2. The first kappa shape index (κ1) is 24.3. The van der Waals surface area contributed by atoms with Crippen molar-refractivity contribution in [2.75, 3.05) is 6.61 Å². The second-order valence-electron chi connectivity index (χ2n) is 5.67. The third kappa shape index (κ3) is 10.8. The quantitative estimate of drug-likeness (QED) is 0.613. The van der Waals surface area contributed by atoms with Crippen molar-refractivity contribution in [2.45, 2.75) is 32.8 Å². The molecule has 0 spiro atoms. The van der Waals surface area contributed by atoms with Gasteiger partial charge in [0.15, 0.2) is 0 Å². The highest BCUT2D eigenvalue weighted by Gasteiger charge is 2.13. The average molecular weight is 376 g/mol. The van der Waals surface area contributed by atoms with Crippen LogP contribution >= 0.6 is 0 Å². The molecule has 0 bridgehead atoms. The van der Waals surface area contributed by atoms with Crippen molar-refractivity contribution in [3.63, 3.8) is 0 Å². The predicted molar refractivity (Wildman–Crippen MR) is 104 cm³/mol. The van der Waals surface area contributed by atoms with E-state index in [0.29, 0.717) is 11.1 Å². The third-order valence-electron chi connectivity index (χ3n) is 3.76. The van der Waals surface area contributed by atoms with E-state index in [1.807, 2.05) is 13.8 Å². The largest absolute Gasteiger partial charge is 0.478 e. The molecule has 0 aliphatic carbocycles. The summed E-state index contributed by atoms with van der Waals surface area (Å²) in [6.07, 6.45) is 1.27.